The molecule has 1 unspecified atom stereocenters. The summed E-state index contributed by atoms with van der Waals surface area (Å²) < 4.78 is 0. The van der Waals surface area contributed by atoms with E-state index >= 15 is 0 Å². The molecular weight excluding hydrogens is 164 g/mol. The molecule has 0 spiro atoms. The molecule has 2 atom stereocenters. The molecule has 0 aromatic heterocycles. The van der Waals surface area contributed by atoms with Gasteiger partial charge in [-0.05, 0) is 25.8 Å². The van der Waals surface area contributed by atoms with Crippen LogP contribution < -0.4 is 11.5 Å². The zero-order valence-electron chi connectivity index (χ0n) is 8.53. The fraction of sp³-hybridized carbons (Fsp3) is 0.889. The van der Waals surface area contributed by atoms with Crippen LogP contribution in [0.2, 0.25) is 0 Å². The lowest BCUT2D eigenvalue weighted by molar-refractivity contribution is 0.254. The highest BCUT2D eigenvalue weighted by Gasteiger charge is 2.26. The van der Waals surface area contributed by atoms with Gasteiger partial charge in [-0.1, -0.05) is 6.92 Å². The van der Waals surface area contributed by atoms with Crippen LogP contribution in [0.15, 0.2) is 4.99 Å². The van der Waals surface area contributed by atoms with Gasteiger partial charge in [0, 0.05) is 12.6 Å². The highest BCUT2D eigenvalue weighted by Crippen LogP contribution is 2.22. The van der Waals surface area contributed by atoms with Crippen molar-refractivity contribution in [2.24, 2.45) is 22.4 Å². The van der Waals surface area contributed by atoms with E-state index in [2.05, 4.69) is 23.7 Å². The first-order valence-electron chi connectivity index (χ1n) is 4.90. The monoisotopic (exact) mass is 184 g/mol. The van der Waals surface area contributed by atoms with Crippen molar-refractivity contribution in [3.05, 3.63) is 0 Å². The molecule has 4 nitrogen and oxygen atoms in total. The molecular formula is C9H20N4. The molecule has 76 valence electrons. The predicted molar refractivity (Wildman–Crippen MR) is 55.5 cm³/mol. The zero-order valence-corrected chi connectivity index (χ0v) is 8.53. The van der Waals surface area contributed by atoms with Gasteiger partial charge in [-0.15, -0.1) is 0 Å². The summed E-state index contributed by atoms with van der Waals surface area (Å²) in [5.74, 6) is 0.999. The second-order valence-corrected chi connectivity index (χ2v) is 3.85. The van der Waals surface area contributed by atoms with E-state index in [1.807, 2.05) is 0 Å². The van der Waals surface area contributed by atoms with E-state index < -0.39 is 0 Å². The van der Waals surface area contributed by atoms with Crippen LogP contribution in [-0.2, 0) is 0 Å². The molecule has 4 N–H and O–H groups in total. The molecule has 0 aromatic rings. The molecule has 1 aliphatic heterocycles. The largest absolute Gasteiger partial charge is 0.370 e. The van der Waals surface area contributed by atoms with Gasteiger partial charge in [0.2, 0.25) is 0 Å². The number of aliphatic imine (C=N–C) groups is 1. The van der Waals surface area contributed by atoms with Gasteiger partial charge in [-0.3, -0.25) is 9.89 Å². The number of hydrogen-bond donors (Lipinski definition) is 2. The Hall–Kier alpha value is -0.770. The van der Waals surface area contributed by atoms with Crippen molar-refractivity contribution in [1.82, 2.24) is 4.90 Å². The first-order valence-corrected chi connectivity index (χ1v) is 4.90. The predicted octanol–water partition coefficient (Wildman–Crippen LogP) is -0.00990. The van der Waals surface area contributed by atoms with E-state index in [-0.39, 0.29) is 5.96 Å². The van der Waals surface area contributed by atoms with Gasteiger partial charge in [0.1, 0.15) is 0 Å². The molecule has 1 fully saturated rings. The minimum absolute atomic E-state index is 0.194. The Bertz CT molecular complexity index is 186. The van der Waals surface area contributed by atoms with Crippen LogP contribution in [0.25, 0.3) is 0 Å². The summed E-state index contributed by atoms with van der Waals surface area (Å²) in [7, 11) is 0. The van der Waals surface area contributed by atoms with E-state index in [1.165, 1.54) is 13.0 Å². The molecule has 1 saturated heterocycles. The normalized spacial score (nSPS) is 29.1. The Kier molecular flexibility index (Phi) is 3.54. The summed E-state index contributed by atoms with van der Waals surface area (Å²) in [6.07, 6.45) is 1.29. The summed E-state index contributed by atoms with van der Waals surface area (Å²) in [6.45, 7) is 7.45. The molecule has 0 saturated carbocycles. The van der Waals surface area contributed by atoms with Gasteiger partial charge in [-0.25, -0.2) is 0 Å². The summed E-state index contributed by atoms with van der Waals surface area (Å²) in [5, 5.41) is 0. The summed E-state index contributed by atoms with van der Waals surface area (Å²) in [5.41, 5.74) is 10.5. The molecule has 0 bridgehead atoms. The van der Waals surface area contributed by atoms with Crippen molar-refractivity contribution in [2.45, 2.75) is 26.3 Å². The average molecular weight is 184 g/mol. The summed E-state index contributed by atoms with van der Waals surface area (Å²) in [6, 6.07) is 0.675. The number of nitrogens with zero attached hydrogens (tertiary/aromatic N) is 2. The Labute approximate surface area is 80.0 Å². The average Bonchev–Trinajstić information content (AvgIpc) is 2.35. The first kappa shape index (κ1) is 10.3. The van der Waals surface area contributed by atoms with Crippen molar-refractivity contribution >= 4 is 5.96 Å². The van der Waals surface area contributed by atoms with Crippen LogP contribution in [0.3, 0.4) is 0 Å². The summed E-state index contributed by atoms with van der Waals surface area (Å²) in [4.78, 5) is 6.42. The molecule has 0 aliphatic carbocycles. The quantitative estimate of drug-likeness (QED) is 0.479. The SMILES string of the molecule is CC1[C@H](C)CCN1CCN=C(N)N. The van der Waals surface area contributed by atoms with E-state index in [4.69, 9.17) is 11.5 Å². The van der Waals surface area contributed by atoms with E-state index in [0.717, 1.165) is 19.0 Å². The van der Waals surface area contributed by atoms with Gasteiger partial charge in [0.25, 0.3) is 0 Å². The van der Waals surface area contributed by atoms with Gasteiger partial charge < -0.3 is 11.5 Å². The molecule has 1 aliphatic rings. The molecule has 4 heteroatoms. The number of guanidine groups is 1. The third-order valence-electron chi connectivity index (χ3n) is 2.95. The van der Waals surface area contributed by atoms with Crippen LogP contribution in [-0.4, -0.2) is 36.5 Å². The Morgan fingerprint density at radius 1 is 1.46 bits per heavy atom. The third kappa shape index (κ3) is 2.88. The van der Waals surface area contributed by atoms with E-state index in [9.17, 15) is 0 Å². The molecule has 13 heavy (non-hydrogen) atoms. The Morgan fingerprint density at radius 3 is 2.62 bits per heavy atom. The second kappa shape index (κ2) is 4.46. The van der Waals surface area contributed by atoms with Crippen LogP contribution in [0, 0.1) is 5.92 Å². The topological polar surface area (TPSA) is 67.6 Å². The maximum Gasteiger partial charge on any atom is 0.185 e. The standard InChI is InChI=1S/C9H20N4/c1-7-3-5-13(8(7)2)6-4-12-9(10)11/h7-8H,3-6H2,1-2H3,(H4,10,11,12)/t7-,8?/m1/s1. The molecule has 1 heterocycles. The van der Waals surface area contributed by atoms with E-state index in [0.29, 0.717) is 6.04 Å². The molecule has 0 radical (unpaired) electrons. The lowest BCUT2D eigenvalue weighted by atomic mass is 10.1. The van der Waals surface area contributed by atoms with Crippen molar-refractivity contribution < 1.29 is 0 Å². The highest BCUT2D eigenvalue weighted by atomic mass is 15.2. The maximum atomic E-state index is 5.25. The van der Waals surface area contributed by atoms with Crippen LogP contribution >= 0.6 is 0 Å². The van der Waals surface area contributed by atoms with Crippen LogP contribution in [0.1, 0.15) is 20.3 Å². The van der Waals surface area contributed by atoms with Gasteiger partial charge in [-0.2, -0.15) is 0 Å². The van der Waals surface area contributed by atoms with Gasteiger partial charge in [0.15, 0.2) is 5.96 Å². The molecule has 1 rings (SSSR count). The fourth-order valence-corrected chi connectivity index (χ4v) is 1.80. The Morgan fingerprint density at radius 2 is 2.15 bits per heavy atom. The first-order chi connectivity index (χ1) is 6.11. The van der Waals surface area contributed by atoms with E-state index in [1.54, 1.807) is 0 Å². The smallest absolute Gasteiger partial charge is 0.185 e. The molecule has 0 aromatic carbocycles. The van der Waals surface area contributed by atoms with Crippen LogP contribution in [0.5, 0.6) is 0 Å². The van der Waals surface area contributed by atoms with Crippen molar-refractivity contribution in [2.75, 3.05) is 19.6 Å². The number of rotatable bonds is 3. The fourth-order valence-electron chi connectivity index (χ4n) is 1.80. The lowest BCUT2D eigenvalue weighted by Gasteiger charge is -2.21. The van der Waals surface area contributed by atoms with Crippen molar-refractivity contribution in [3.63, 3.8) is 0 Å². The zero-order chi connectivity index (χ0) is 9.84. The van der Waals surface area contributed by atoms with Gasteiger partial charge >= 0.3 is 0 Å². The Balaban J connectivity index is 2.26. The summed E-state index contributed by atoms with van der Waals surface area (Å²) >= 11 is 0. The minimum Gasteiger partial charge on any atom is -0.370 e. The molecule has 0 amide bonds. The highest BCUT2D eigenvalue weighted by molar-refractivity contribution is 5.75. The van der Waals surface area contributed by atoms with Crippen molar-refractivity contribution in [3.8, 4) is 0 Å². The third-order valence-corrected chi connectivity index (χ3v) is 2.95. The lowest BCUT2D eigenvalue weighted by Crippen LogP contribution is -2.32. The van der Waals surface area contributed by atoms with Crippen molar-refractivity contribution in [1.29, 1.82) is 0 Å². The second-order valence-electron chi connectivity index (χ2n) is 3.85. The maximum absolute atomic E-state index is 5.25. The van der Waals surface area contributed by atoms with Crippen LogP contribution in [0.4, 0.5) is 0 Å². The van der Waals surface area contributed by atoms with Gasteiger partial charge in [0.05, 0.1) is 6.54 Å². The number of likely N-dealkylation sites (tertiary alicyclic amines) is 1. The minimum atomic E-state index is 0.194. The number of nitrogens with two attached hydrogens (primary N) is 2. The number of hydrogen-bond acceptors (Lipinski definition) is 2.